The van der Waals surface area contributed by atoms with Gasteiger partial charge in [0, 0.05) is 28.2 Å². The minimum absolute atomic E-state index is 0.120. The Labute approximate surface area is 192 Å². The summed E-state index contributed by atoms with van der Waals surface area (Å²) >= 11 is 0. The molecule has 1 aliphatic heterocycles. The lowest BCUT2D eigenvalue weighted by atomic mass is 9.81. The Kier molecular flexibility index (Phi) is 6.01. The molecule has 1 saturated heterocycles. The fraction of sp³-hybridized carbons (Fsp3) is 0.400. The van der Waals surface area contributed by atoms with Gasteiger partial charge in [-0.1, -0.05) is 0 Å². The summed E-state index contributed by atoms with van der Waals surface area (Å²) < 4.78 is 39.9. The molecule has 4 rings (SSSR count). The predicted octanol–water partition coefficient (Wildman–Crippen LogP) is 3.83. The second-order valence-corrected chi connectivity index (χ2v) is 7.79. The topological polar surface area (TPSA) is 81.7 Å². The fourth-order valence-corrected chi connectivity index (χ4v) is 4.80. The molecule has 2 aromatic rings. The number of carbonyl (C=O) groups excluding carboxylic acids is 1. The third kappa shape index (κ3) is 3.32. The first-order valence-electron chi connectivity index (χ1n) is 10.5. The Hall–Kier alpha value is -3.55. The van der Waals surface area contributed by atoms with Crippen LogP contribution in [0.2, 0.25) is 0 Å². The third-order valence-electron chi connectivity index (χ3n) is 6.28. The van der Waals surface area contributed by atoms with E-state index in [0.29, 0.717) is 58.7 Å². The minimum atomic E-state index is -0.324. The summed E-state index contributed by atoms with van der Waals surface area (Å²) in [6.45, 7) is 2.22. The number of fused-ring (bicyclic) bond motifs is 4. The molecule has 8 nitrogen and oxygen atoms in total. The fourth-order valence-electron chi connectivity index (χ4n) is 4.80. The van der Waals surface area contributed by atoms with Crippen LogP contribution < -0.4 is 28.4 Å². The van der Waals surface area contributed by atoms with Gasteiger partial charge in [0.25, 0.3) is 0 Å². The molecule has 1 heterocycles. The SMILES string of the molecule is COc1cc2c(c(OC)c1OC)-c1c(c(C)c(OC)c(OC)c1OC)/C=C1/C(=O)OCC1C2. The molecule has 33 heavy (non-hydrogen) atoms. The average molecular weight is 456 g/mol. The molecule has 1 fully saturated rings. The van der Waals surface area contributed by atoms with Crippen LogP contribution in [0.25, 0.3) is 17.2 Å². The van der Waals surface area contributed by atoms with E-state index in [1.54, 1.807) is 42.7 Å². The Morgan fingerprint density at radius 3 is 1.97 bits per heavy atom. The second-order valence-electron chi connectivity index (χ2n) is 7.79. The first kappa shape index (κ1) is 22.6. The molecule has 0 amide bonds. The van der Waals surface area contributed by atoms with E-state index in [1.807, 2.05) is 19.1 Å². The molecule has 0 spiro atoms. The lowest BCUT2D eigenvalue weighted by molar-refractivity contribution is -0.135. The molecule has 0 saturated carbocycles. The summed E-state index contributed by atoms with van der Waals surface area (Å²) in [4.78, 5) is 12.6. The van der Waals surface area contributed by atoms with Crippen LogP contribution >= 0.6 is 0 Å². The molecule has 2 aromatic carbocycles. The molecule has 1 aliphatic carbocycles. The van der Waals surface area contributed by atoms with Crippen molar-refractivity contribution in [1.29, 1.82) is 0 Å². The van der Waals surface area contributed by atoms with Gasteiger partial charge in [-0.2, -0.15) is 0 Å². The average Bonchev–Trinajstić information content (AvgIpc) is 3.15. The molecule has 8 heteroatoms. The van der Waals surface area contributed by atoms with Gasteiger partial charge in [0.1, 0.15) is 0 Å². The molecule has 1 unspecified atom stereocenters. The van der Waals surface area contributed by atoms with Gasteiger partial charge in [0.2, 0.25) is 11.5 Å². The zero-order valence-corrected chi connectivity index (χ0v) is 19.9. The second kappa shape index (κ2) is 8.77. The zero-order valence-electron chi connectivity index (χ0n) is 19.9. The highest BCUT2D eigenvalue weighted by molar-refractivity contribution is 6.01. The monoisotopic (exact) mass is 456 g/mol. The normalized spacial score (nSPS) is 17.8. The molecule has 0 aromatic heterocycles. The van der Waals surface area contributed by atoms with Gasteiger partial charge in [0.05, 0.1) is 49.3 Å². The Bertz CT molecular complexity index is 1150. The number of hydrogen-bond acceptors (Lipinski definition) is 8. The Balaban J connectivity index is 2.25. The van der Waals surface area contributed by atoms with Crippen molar-refractivity contribution in [2.45, 2.75) is 13.3 Å². The predicted molar refractivity (Wildman–Crippen MR) is 122 cm³/mol. The summed E-state index contributed by atoms with van der Waals surface area (Å²) in [5, 5.41) is 0. The molecule has 2 aliphatic rings. The molecule has 176 valence electrons. The highest BCUT2D eigenvalue weighted by Crippen LogP contribution is 2.57. The lowest BCUT2D eigenvalue weighted by Gasteiger charge is -2.27. The van der Waals surface area contributed by atoms with E-state index in [2.05, 4.69) is 0 Å². The van der Waals surface area contributed by atoms with Crippen LogP contribution in [0.1, 0.15) is 16.7 Å². The van der Waals surface area contributed by atoms with Crippen LogP contribution in [0.15, 0.2) is 11.6 Å². The van der Waals surface area contributed by atoms with E-state index in [0.717, 1.165) is 22.3 Å². The molecule has 1 atom stereocenters. The van der Waals surface area contributed by atoms with E-state index in [1.165, 1.54) is 0 Å². The molecular formula is C25H28O8. The van der Waals surface area contributed by atoms with E-state index < -0.39 is 0 Å². The van der Waals surface area contributed by atoms with E-state index in [4.69, 9.17) is 33.2 Å². The van der Waals surface area contributed by atoms with Crippen molar-refractivity contribution in [2.75, 3.05) is 49.3 Å². The summed E-state index contributed by atoms with van der Waals surface area (Å²) in [5.41, 5.74) is 4.56. The Morgan fingerprint density at radius 2 is 1.39 bits per heavy atom. The van der Waals surface area contributed by atoms with Crippen molar-refractivity contribution >= 4 is 12.0 Å². The van der Waals surface area contributed by atoms with Crippen LogP contribution in [-0.4, -0.2) is 55.2 Å². The lowest BCUT2D eigenvalue weighted by Crippen LogP contribution is -2.14. The molecule has 0 radical (unpaired) electrons. The van der Waals surface area contributed by atoms with E-state index in [-0.39, 0.29) is 11.9 Å². The summed E-state index contributed by atoms with van der Waals surface area (Å²) in [6, 6.07) is 1.91. The van der Waals surface area contributed by atoms with Crippen molar-refractivity contribution in [1.82, 2.24) is 0 Å². The number of benzene rings is 2. The molecule has 0 bridgehead atoms. The smallest absolute Gasteiger partial charge is 0.334 e. The zero-order chi connectivity index (χ0) is 23.9. The number of cyclic esters (lactones) is 1. The van der Waals surface area contributed by atoms with Crippen molar-refractivity contribution in [3.63, 3.8) is 0 Å². The van der Waals surface area contributed by atoms with Gasteiger partial charge in [-0.05, 0) is 36.6 Å². The first-order valence-corrected chi connectivity index (χ1v) is 10.5. The molecular weight excluding hydrogens is 428 g/mol. The number of rotatable bonds is 6. The van der Waals surface area contributed by atoms with Crippen LogP contribution in [0.4, 0.5) is 0 Å². The maximum atomic E-state index is 12.6. The number of methoxy groups -OCH3 is 6. The number of carbonyl (C=O) groups is 1. The van der Waals surface area contributed by atoms with Gasteiger partial charge in [-0.3, -0.25) is 0 Å². The van der Waals surface area contributed by atoms with E-state index in [9.17, 15) is 4.79 Å². The van der Waals surface area contributed by atoms with Crippen LogP contribution in [0, 0.1) is 12.8 Å². The maximum Gasteiger partial charge on any atom is 0.334 e. The van der Waals surface area contributed by atoms with E-state index >= 15 is 0 Å². The number of ether oxygens (including phenoxy) is 7. The van der Waals surface area contributed by atoms with Crippen molar-refractivity contribution < 1.29 is 38.0 Å². The first-order chi connectivity index (χ1) is 15.9. The minimum Gasteiger partial charge on any atom is -0.493 e. The van der Waals surface area contributed by atoms with Crippen molar-refractivity contribution in [2.24, 2.45) is 5.92 Å². The Morgan fingerprint density at radius 1 is 0.788 bits per heavy atom. The standard InChI is InChI=1S/C25H28O8/c1-12-15-10-16-14(11-33-25(16)26)8-13-9-17(27-2)21(29-4)22(30-5)18(13)19(15)23(31-6)24(32-7)20(12)28-3/h9-10,14H,8,11H2,1-7H3/b16-10+. The number of esters is 1. The van der Waals surface area contributed by atoms with Gasteiger partial charge >= 0.3 is 5.97 Å². The van der Waals surface area contributed by atoms with Crippen LogP contribution in [0.5, 0.6) is 34.5 Å². The highest BCUT2D eigenvalue weighted by atomic mass is 16.5. The number of hydrogen-bond donors (Lipinski definition) is 0. The largest absolute Gasteiger partial charge is 0.493 e. The van der Waals surface area contributed by atoms with Gasteiger partial charge in [-0.25, -0.2) is 4.79 Å². The quantitative estimate of drug-likeness (QED) is 0.607. The van der Waals surface area contributed by atoms with Gasteiger partial charge in [-0.15, -0.1) is 0 Å². The van der Waals surface area contributed by atoms with Crippen LogP contribution in [-0.2, 0) is 16.0 Å². The van der Waals surface area contributed by atoms with Gasteiger partial charge in [0.15, 0.2) is 23.0 Å². The maximum absolute atomic E-state index is 12.6. The van der Waals surface area contributed by atoms with Crippen LogP contribution in [0.3, 0.4) is 0 Å². The summed E-state index contributed by atoms with van der Waals surface area (Å²) in [7, 11) is 9.42. The molecule has 0 N–H and O–H groups in total. The van der Waals surface area contributed by atoms with Crippen molar-refractivity contribution in [3.8, 4) is 45.6 Å². The van der Waals surface area contributed by atoms with Crippen molar-refractivity contribution in [3.05, 3.63) is 28.3 Å². The highest BCUT2D eigenvalue weighted by Gasteiger charge is 2.38. The summed E-state index contributed by atoms with van der Waals surface area (Å²) in [6.07, 6.45) is 2.41. The van der Waals surface area contributed by atoms with Gasteiger partial charge < -0.3 is 33.2 Å². The summed E-state index contributed by atoms with van der Waals surface area (Å²) in [5.74, 6) is 2.48. The third-order valence-corrected chi connectivity index (χ3v) is 6.28.